The van der Waals surface area contributed by atoms with Crippen molar-refractivity contribution >= 4 is 72.6 Å². The summed E-state index contributed by atoms with van der Waals surface area (Å²) in [6, 6.07) is 68.3. The van der Waals surface area contributed by atoms with Gasteiger partial charge in [0.25, 0.3) is 0 Å². The SMILES string of the molecule is O=P(c1ccccc1)(c1ccccc1)c1ccc2nc(-c3ccccc3)c3c(N(c4ccccc4)c4ccccc4)cc4ccccc4c3c2c1. The standard InChI is InChI=1S/C47H33N2OP/c50-51(38-25-12-4-13-26-38,39-27-14-5-15-28-39)40-30-31-43-42(33-40)45-41-29-17-16-20-35(41)32-44(46(45)47(48-43)34-18-6-1-7-19-34)49(36-21-8-2-9-22-36)37-23-10-3-11-24-37/h1-33H. The molecular weight excluding hydrogens is 640 g/mol. The molecule has 1 heterocycles. The van der Waals surface area contributed by atoms with Gasteiger partial charge in [0.15, 0.2) is 7.14 Å². The van der Waals surface area contributed by atoms with Gasteiger partial charge >= 0.3 is 0 Å². The summed E-state index contributed by atoms with van der Waals surface area (Å²) in [4.78, 5) is 7.79. The molecule has 3 nitrogen and oxygen atoms in total. The molecule has 0 saturated carbocycles. The van der Waals surface area contributed by atoms with Crippen LogP contribution in [-0.2, 0) is 4.57 Å². The number of anilines is 3. The van der Waals surface area contributed by atoms with Crippen molar-refractivity contribution in [3.05, 3.63) is 200 Å². The molecule has 0 aliphatic rings. The number of nitrogens with zero attached hydrogens (tertiary/aromatic N) is 2. The quantitative estimate of drug-likeness (QED) is 0.125. The Labute approximate surface area is 297 Å². The molecule has 0 unspecified atom stereocenters. The van der Waals surface area contributed by atoms with E-state index in [1.165, 1.54) is 0 Å². The van der Waals surface area contributed by atoms with Gasteiger partial charge in [-0.15, -0.1) is 0 Å². The van der Waals surface area contributed by atoms with Gasteiger partial charge in [-0.3, -0.25) is 0 Å². The van der Waals surface area contributed by atoms with Crippen molar-refractivity contribution in [2.24, 2.45) is 0 Å². The third-order valence-electron chi connectivity index (χ3n) is 9.67. The van der Waals surface area contributed by atoms with Gasteiger partial charge in [-0.1, -0.05) is 152 Å². The molecule has 1 aromatic heterocycles. The zero-order valence-electron chi connectivity index (χ0n) is 27.8. The molecule has 8 aromatic carbocycles. The first-order valence-corrected chi connectivity index (χ1v) is 18.9. The lowest BCUT2D eigenvalue weighted by atomic mass is 9.93. The van der Waals surface area contributed by atoms with Gasteiger partial charge in [0, 0.05) is 49.0 Å². The molecule has 0 bridgehead atoms. The van der Waals surface area contributed by atoms with Crippen LogP contribution >= 0.6 is 7.14 Å². The molecule has 51 heavy (non-hydrogen) atoms. The molecule has 9 aromatic rings. The third-order valence-corrected chi connectivity index (χ3v) is 12.7. The van der Waals surface area contributed by atoms with Crippen molar-refractivity contribution in [2.45, 2.75) is 0 Å². The smallest absolute Gasteiger partial charge is 0.171 e. The second kappa shape index (κ2) is 12.9. The molecule has 0 aliphatic carbocycles. The number of benzene rings is 8. The third kappa shape index (κ3) is 5.31. The van der Waals surface area contributed by atoms with Crippen LogP contribution < -0.4 is 20.8 Å². The van der Waals surface area contributed by atoms with Crippen LogP contribution in [0, 0.1) is 0 Å². The Morgan fingerprint density at radius 1 is 0.431 bits per heavy atom. The molecule has 0 aliphatic heterocycles. The van der Waals surface area contributed by atoms with Crippen LogP contribution in [0.25, 0.3) is 43.7 Å². The number of para-hydroxylation sites is 2. The van der Waals surface area contributed by atoms with E-state index >= 15 is 4.57 Å². The number of pyridine rings is 1. The molecule has 0 radical (unpaired) electrons. The fraction of sp³-hybridized carbons (Fsp3) is 0. The molecule has 4 heteroatoms. The highest BCUT2D eigenvalue weighted by atomic mass is 31.2. The molecule has 0 fully saturated rings. The van der Waals surface area contributed by atoms with E-state index in [0.29, 0.717) is 0 Å². The molecule has 9 rings (SSSR count). The van der Waals surface area contributed by atoms with Crippen LogP contribution in [0.15, 0.2) is 200 Å². The summed E-state index contributed by atoms with van der Waals surface area (Å²) in [6.45, 7) is 0. The highest BCUT2D eigenvalue weighted by Crippen LogP contribution is 2.48. The highest BCUT2D eigenvalue weighted by molar-refractivity contribution is 7.85. The Bertz CT molecular complexity index is 2620. The number of hydrogen-bond donors (Lipinski definition) is 0. The van der Waals surface area contributed by atoms with Crippen molar-refractivity contribution in [3.8, 4) is 11.3 Å². The minimum atomic E-state index is -3.25. The largest absolute Gasteiger partial charge is 0.310 e. The monoisotopic (exact) mass is 672 g/mol. The average molecular weight is 673 g/mol. The predicted molar refractivity (Wildman–Crippen MR) is 216 cm³/mol. The van der Waals surface area contributed by atoms with Gasteiger partial charge in [0.1, 0.15) is 0 Å². The van der Waals surface area contributed by atoms with Crippen LogP contribution in [-0.4, -0.2) is 4.98 Å². The van der Waals surface area contributed by atoms with Gasteiger partial charge in [-0.2, -0.15) is 0 Å². The van der Waals surface area contributed by atoms with Gasteiger partial charge in [0.05, 0.1) is 16.9 Å². The topological polar surface area (TPSA) is 33.2 Å². The van der Waals surface area contributed by atoms with Crippen molar-refractivity contribution in [3.63, 3.8) is 0 Å². The maximum Gasteiger partial charge on any atom is 0.171 e. The van der Waals surface area contributed by atoms with Crippen LogP contribution in [0.2, 0.25) is 0 Å². The Kier molecular flexibility index (Phi) is 7.76. The van der Waals surface area contributed by atoms with E-state index in [1.807, 2.05) is 72.8 Å². The van der Waals surface area contributed by atoms with E-state index in [4.69, 9.17) is 4.98 Å². The second-order valence-corrected chi connectivity index (χ2v) is 15.4. The van der Waals surface area contributed by atoms with E-state index in [1.54, 1.807) is 0 Å². The number of fused-ring (bicyclic) bond motifs is 5. The molecule has 0 spiro atoms. The van der Waals surface area contributed by atoms with E-state index in [9.17, 15) is 0 Å². The zero-order chi connectivity index (χ0) is 34.2. The van der Waals surface area contributed by atoms with Gasteiger partial charge < -0.3 is 9.46 Å². The Morgan fingerprint density at radius 2 is 0.941 bits per heavy atom. The second-order valence-electron chi connectivity index (χ2n) is 12.7. The lowest BCUT2D eigenvalue weighted by Gasteiger charge is -2.29. The van der Waals surface area contributed by atoms with Crippen molar-refractivity contribution in [2.75, 3.05) is 4.90 Å². The Hall–Kier alpha value is -6.28. The maximum atomic E-state index is 15.7. The first kappa shape index (κ1) is 30.8. The average Bonchev–Trinajstić information content (AvgIpc) is 3.21. The fourth-order valence-electron chi connectivity index (χ4n) is 7.33. The normalized spacial score (nSPS) is 11.6. The lowest BCUT2D eigenvalue weighted by molar-refractivity contribution is 0.592. The van der Waals surface area contributed by atoms with E-state index in [2.05, 4.69) is 132 Å². The maximum absolute atomic E-state index is 15.7. The van der Waals surface area contributed by atoms with E-state index in [0.717, 1.165) is 76.7 Å². The van der Waals surface area contributed by atoms with Crippen LogP contribution in [0.3, 0.4) is 0 Å². The summed E-state index contributed by atoms with van der Waals surface area (Å²) in [6.07, 6.45) is 0. The van der Waals surface area contributed by atoms with Gasteiger partial charge in [-0.05, 0) is 59.3 Å². The van der Waals surface area contributed by atoms with Crippen molar-refractivity contribution in [1.82, 2.24) is 4.98 Å². The molecule has 0 amide bonds. The Morgan fingerprint density at radius 3 is 1.53 bits per heavy atom. The van der Waals surface area contributed by atoms with Crippen LogP contribution in [0.5, 0.6) is 0 Å². The van der Waals surface area contributed by atoms with Crippen LogP contribution in [0.4, 0.5) is 17.1 Å². The summed E-state index contributed by atoms with van der Waals surface area (Å²) in [5, 5.41) is 7.70. The number of rotatable bonds is 7. The summed E-state index contributed by atoms with van der Waals surface area (Å²) >= 11 is 0. The molecule has 0 atom stereocenters. The molecule has 0 N–H and O–H groups in total. The van der Waals surface area contributed by atoms with Crippen molar-refractivity contribution < 1.29 is 4.57 Å². The van der Waals surface area contributed by atoms with Crippen molar-refractivity contribution in [1.29, 1.82) is 0 Å². The molecule has 242 valence electrons. The highest BCUT2D eigenvalue weighted by Gasteiger charge is 2.31. The molecular formula is C47H33N2OP. The number of aromatic nitrogens is 1. The summed E-state index contributed by atoms with van der Waals surface area (Å²) < 4.78 is 15.7. The fourth-order valence-corrected chi connectivity index (χ4v) is 10.0. The van der Waals surface area contributed by atoms with E-state index in [-0.39, 0.29) is 0 Å². The zero-order valence-corrected chi connectivity index (χ0v) is 28.7. The Balaban J connectivity index is 1.46. The summed E-state index contributed by atoms with van der Waals surface area (Å²) in [7, 11) is -3.25. The first-order valence-electron chi connectivity index (χ1n) is 17.2. The minimum absolute atomic E-state index is 0.778. The van der Waals surface area contributed by atoms with E-state index < -0.39 is 7.14 Å². The van der Waals surface area contributed by atoms with Gasteiger partial charge in [0.2, 0.25) is 0 Å². The summed E-state index contributed by atoms with van der Waals surface area (Å²) in [5.74, 6) is 0. The number of hydrogen-bond acceptors (Lipinski definition) is 3. The summed E-state index contributed by atoms with van der Waals surface area (Å²) in [5.41, 5.74) is 5.90. The first-order chi connectivity index (χ1) is 25.2. The molecule has 0 saturated heterocycles. The minimum Gasteiger partial charge on any atom is -0.310 e. The van der Waals surface area contributed by atoms with Gasteiger partial charge in [-0.25, -0.2) is 4.98 Å². The predicted octanol–water partition coefficient (Wildman–Crippen LogP) is 11.3. The van der Waals surface area contributed by atoms with Crippen LogP contribution in [0.1, 0.15) is 0 Å². The lowest BCUT2D eigenvalue weighted by Crippen LogP contribution is -2.25.